The molecule has 2 N–H and O–H groups in total. The minimum Gasteiger partial charge on any atom is -0.466 e. The van der Waals surface area contributed by atoms with E-state index in [1.54, 1.807) is 30.3 Å². The molecular weight excluding hydrogens is 306 g/mol. The van der Waals surface area contributed by atoms with Gasteiger partial charge in [-0.25, -0.2) is 9.59 Å². The normalized spacial score (nSPS) is 18.9. The molecule has 1 heterocycles. The Labute approximate surface area is 123 Å². The lowest BCUT2D eigenvalue weighted by atomic mass is 9.95. The standard InChI is InChI=1S/C13H11ClF2N2O3/c1-21-11(19)8-9(7-5-3-2-4-6-7)17-12(20)18-10(8)13(14,15)16/h2-6,9H,1H3,(H2,17,18,20). The second kappa shape index (κ2) is 5.69. The van der Waals surface area contributed by atoms with Gasteiger partial charge in [-0.05, 0) is 17.2 Å². The Hall–Kier alpha value is -2.15. The van der Waals surface area contributed by atoms with E-state index in [2.05, 4.69) is 10.1 Å². The van der Waals surface area contributed by atoms with Crippen molar-refractivity contribution in [1.29, 1.82) is 0 Å². The lowest BCUT2D eigenvalue weighted by Gasteiger charge is -2.30. The molecule has 2 amide bonds. The highest BCUT2D eigenvalue weighted by Gasteiger charge is 2.44. The van der Waals surface area contributed by atoms with Crippen LogP contribution in [0.15, 0.2) is 41.6 Å². The summed E-state index contributed by atoms with van der Waals surface area (Å²) >= 11 is 4.98. The van der Waals surface area contributed by atoms with Gasteiger partial charge in [-0.3, -0.25) is 0 Å². The van der Waals surface area contributed by atoms with Gasteiger partial charge in [-0.2, -0.15) is 8.78 Å². The summed E-state index contributed by atoms with van der Waals surface area (Å²) < 4.78 is 31.5. The van der Waals surface area contributed by atoms with Crippen LogP contribution >= 0.6 is 11.6 Å². The SMILES string of the molecule is COC(=O)C1=C(C(F)(F)Cl)NC(=O)NC1c1ccccc1. The number of allylic oxidation sites excluding steroid dienone is 1. The number of hydrogen-bond donors (Lipinski definition) is 2. The van der Waals surface area contributed by atoms with Crippen molar-refractivity contribution in [3.63, 3.8) is 0 Å². The molecule has 1 aliphatic heterocycles. The number of hydrogen-bond acceptors (Lipinski definition) is 3. The van der Waals surface area contributed by atoms with Crippen molar-refractivity contribution in [2.24, 2.45) is 0 Å². The molecule has 0 fully saturated rings. The van der Waals surface area contributed by atoms with Gasteiger partial charge in [0.05, 0.1) is 18.7 Å². The smallest absolute Gasteiger partial charge is 0.363 e. The van der Waals surface area contributed by atoms with Gasteiger partial charge in [0, 0.05) is 0 Å². The van der Waals surface area contributed by atoms with E-state index in [1.165, 1.54) is 0 Å². The molecule has 0 radical (unpaired) electrons. The van der Waals surface area contributed by atoms with Gasteiger partial charge in [-0.1, -0.05) is 30.3 Å². The van der Waals surface area contributed by atoms with Crippen molar-refractivity contribution in [2.45, 2.75) is 11.4 Å². The molecule has 8 heteroatoms. The Kier molecular flexibility index (Phi) is 4.13. The van der Waals surface area contributed by atoms with Crippen molar-refractivity contribution in [3.8, 4) is 0 Å². The van der Waals surface area contributed by atoms with Crippen molar-refractivity contribution < 1.29 is 23.1 Å². The van der Waals surface area contributed by atoms with Crippen LogP contribution in [0.25, 0.3) is 0 Å². The maximum atomic E-state index is 13.5. The van der Waals surface area contributed by atoms with Crippen LogP contribution in [-0.2, 0) is 9.53 Å². The Morgan fingerprint density at radius 1 is 1.33 bits per heavy atom. The first kappa shape index (κ1) is 15.2. The van der Waals surface area contributed by atoms with E-state index in [1.807, 2.05) is 5.32 Å². The summed E-state index contributed by atoms with van der Waals surface area (Å²) in [5, 5.41) is 0.359. The van der Waals surface area contributed by atoms with Gasteiger partial charge >= 0.3 is 17.4 Å². The molecule has 21 heavy (non-hydrogen) atoms. The van der Waals surface area contributed by atoms with Crippen LogP contribution in [-0.4, -0.2) is 24.5 Å². The predicted molar refractivity (Wildman–Crippen MR) is 70.7 cm³/mol. The Morgan fingerprint density at radius 3 is 2.48 bits per heavy atom. The molecule has 0 saturated heterocycles. The molecule has 5 nitrogen and oxygen atoms in total. The van der Waals surface area contributed by atoms with Crippen LogP contribution in [0.5, 0.6) is 0 Å². The number of methoxy groups -OCH3 is 1. The van der Waals surface area contributed by atoms with Crippen LogP contribution in [0.1, 0.15) is 11.6 Å². The Balaban J connectivity index is 2.61. The molecule has 1 unspecified atom stereocenters. The highest BCUT2D eigenvalue weighted by atomic mass is 35.5. The van der Waals surface area contributed by atoms with Crippen LogP contribution < -0.4 is 10.6 Å². The van der Waals surface area contributed by atoms with Crippen LogP contribution in [0.3, 0.4) is 0 Å². The minimum absolute atomic E-state index is 0.441. The largest absolute Gasteiger partial charge is 0.466 e. The van der Waals surface area contributed by atoms with Crippen LogP contribution in [0.4, 0.5) is 13.6 Å². The first-order valence-corrected chi connectivity index (χ1v) is 6.24. The topological polar surface area (TPSA) is 67.4 Å². The summed E-state index contributed by atoms with van der Waals surface area (Å²) in [4.78, 5) is 23.4. The number of alkyl halides is 3. The van der Waals surface area contributed by atoms with E-state index in [0.29, 0.717) is 5.56 Å². The third-order valence-electron chi connectivity index (χ3n) is 2.89. The van der Waals surface area contributed by atoms with Gasteiger partial charge in [0.2, 0.25) is 0 Å². The summed E-state index contributed by atoms with van der Waals surface area (Å²) in [7, 11) is 1.05. The molecule has 1 aromatic rings. The Morgan fingerprint density at radius 2 is 1.95 bits per heavy atom. The third-order valence-corrected chi connectivity index (χ3v) is 3.08. The molecule has 1 aliphatic rings. The molecule has 0 saturated carbocycles. The average Bonchev–Trinajstić information content (AvgIpc) is 2.45. The second-order valence-electron chi connectivity index (χ2n) is 4.22. The third kappa shape index (κ3) is 3.13. The molecular formula is C13H11ClF2N2O3. The summed E-state index contributed by atoms with van der Waals surface area (Å²) in [6.45, 7) is 0. The van der Waals surface area contributed by atoms with Gasteiger partial charge in [0.25, 0.3) is 0 Å². The predicted octanol–water partition coefficient (Wildman–Crippen LogP) is 2.30. The van der Waals surface area contributed by atoms with Crippen LogP contribution in [0.2, 0.25) is 0 Å². The van der Waals surface area contributed by atoms with E-state index in [9.17, 15) is 18.4 Å². The fourth-order valence-electron chi connectivity index (χ4n) is 2.01. The lowest BCUT2D eigenvalue weighted by Crippen LogP contribution is -2.49. The molecule has 0 aliphatic carbocycles. The summed E-state index contributed by atoms with van der Waals surface area (Å²) in [6, 6.07) is 6.23. The highest BCUT2D eigenvalue weighted by molar-refractivity contribution is 6.24. The second-order valence-corrected chi connectivity index (χ2v) is 4.69. The highest BCUT2D eigenvalue weighted by Crippen LogP contribution is 2.36. The van der Waals surface area contributed by atoms with Crippen LogP contribution in [0, 0.1) is 0 Å². The molecule has 0 bridgehead atoms. The fraction of sp³-hybridized carbons (Fsp3) is 0.231. The monoisotopic (exact) mass is 316 g/mol. The zero-order chi connectivity index (χ0) is 15.6. The summed E-state index contributed by atoms with van der Waals surface area (Å²) in [5.74, 6) is -1.01. The van der Waals surface area contributed by atoms with Crippen molar-refractivity contribution in [1.82, 2.24) is 10.6 Å². The first-order chi connectivity index (χ1) is 9.84. The molecule has 0 spiro atoms. The molecule has 2 rings (SSSR count). The van der Waals surface area contributed by atoms with Crippen molar-refractivity contribution >= 4 is 23.6 Å². The zero-order valence-electron chi connectivity index (χ0n) is 10.8. The van der Waals surface area contributed by atoms with E-state index in [0.717, 1.165) is 7.11 Å². The fourth-order valence-corrected chi connectivity index (χ4v) is 2.16. The number of urea groups is 1. The lowest BCUT2D eigenvalue weighted by molar-refractivity contribution is -0.136. The van der Waals surface area contributed by atoms with Gasteiger partial charge in [-0.15, -0.1) is 0 Å². The number of halogens is 3. The van der Waals surface area contributed by atoms with Gasteiger partial charge < -0.3 is 15.4 Å². The van der Waals surface area contributed by atoms with E-state index >= 15 is 0 Å². The van der Waals surface area contributed by atoms with E-state index < -0.39 is 34.7 Å². The van der Waals surface area contributed by atoms with Gasteiger partial charge in [0.1, 0.15) is 5.70 Å². The number of amides is 2. The summed E-state index contributed by atoms with van der Waals surface area (Å²) in [6.07, 6.45) is 0. The number of rotatable bonds is 3. The number of nitrogens with one attached hydrogen (secondary N) is 2. The maximum Gasteiger partial charge on any atom is 0.363 e. The quantitative estimate of drug-likeness (QED) is 0.664. The maximum absolute atomic E-state index is 13.5. The molecule has 0 aromatic heterocycles. The molecule has 1 atom stereocenters. The zero-order valence-corrected chi connectivity index (χ0v) is 11.6. The average molecular weight is 317 g/mol. The van der Waals surface area contributed by atoms with Gasteiger partial charge in [0.15, 0.2) is 0 Å². The Bertz CT molecular complexity index is 599. The van der Waals surface area contributed by atoms with E-state index in [4.69, 9.17) is 11.6 Å². The minimum atomic E-state index is -3.91. The van der Waals surface area contributed by atoms with Crippen molar-refractivity contribution in [2.75, 3.05) is 7.11 Å². The number of benzene rings is 1. The summed E-state index contributed by atoms with van der Waals surface area (Å²) in [5.41, 5.74) is -0.969. The molecule has 1 aromatic carbocycles. The first-order valence-electron chi connectivity index (χ1n) is 5.86. The number of esters is 1. The van der Waals surface area contributed by atoms with Crippen molar-refractivity contribution in [3.05, 3.63) is 47.2 Å². The molecule has 112 valence electrons. The number of carbonyl (C=O) groups excluding carboxylic acids is 2. The van der Waals surface area contributed by atoms with E-state index in [-0.39, 0.29) is 0 Å². The number of ether oxygens (including phenoxy) is 1. The number of carbonyl (C=O) groups is 2.